The first-order chi connectivity index (χ1) is 15.8. The van der Waals surface area contributed by atoms with E-state index in [-0.39, 0.29) is 33.7 Å². The maximum atomic E-state index is 13.3. The van der Waals surface area contributed by atoms with E-state index in [0.29, 0.717) is 35.0 Å². The van der Waals surface area contributed by atoms with E-state index in [1.54, 1.807) is 7.11 Å². The van der Waals surface area contributed by atoms with Crippen LogP contribution in [0.15, 0.2) is 12.2 Å². The SMILES string of the molecule is C=C(C)[C@@H]1CC[C@]2(C(=O)OC)CC[C@@]3(C)[C@@H](CC[C@@H]4[C@@]5(C)CC[C@@H](O)C(C)(C)[C@H]5CC[C@]43C)[C@@H]12. The molecule has 1 N–H and O–H groups in total. The second kappa shape index (κ2) is 7.59. The van der Waals surface area contributed by atoms with Crippen LogP contribution in [0.25, 0.3) is 0 Å². The lowest BCUT2D eigenvalue weighted by molar-refractivity contribution is -0.248. The highest BCUT2D eigenvalue weighted by molar-refractivity contribution is 5.78. The van der Waals surface area contributed by atoms with Gasteiger partial charge in [-0.1, -0.05) is 46.8 Å². The number of carbonyl (C=O) groups excluding carboxylic acids is 1. The Bertz CT molecular complexity index is 876. The molecule has 0 aliphatic heterocycles. The zero-order valence-electron chi connectivity index (χ0n) is 23.0. The molecule has 5 fully saturated rings. The molecule has 0 radical (unpaired) electrons. The van der Waals surface area contributed by atoms with Crippen molar-refractivity contribution in [3.8, 4) is 0 Å². The smallest absolute Gasteiger partial charge is 0.312 e. The quantitative estimate of drug-likeness (QED) is 0.343. The summed E-state index contributed by atoms with van der Waals surface area (Å²) >= 11 is 0. The van der Waals surface area contributed by atoms with Gasteiger partial charge in [-0.25, -0.2) is 0 Å². The van der Waals surface area contributed by atoms with Crippen molar-refractivity contribution in [2.45, 2.75) is 112 Å². The Hall–Kier alpha value is -0.830. The van der Waals surface area contributed by atoms with Crippen LogP contribution in [0.1, 0.15) is 106 Å². The minimum atomic E-state index is -0.302. The average Bonchev–Trinajstić information content (AvgIpc) is 3.18. The largest absolute Gasteiger partial charge is 0.469 e. The normalized spacial score (nSPS) is 53.6. The molecule has 0 amide bonds. The lowest BCUT2D eigenvalue weighted by Crippen LogP contribution is -2.67. The Balaban J connectivity index is 1.56. The van der Waals surface area contributed by atoms with Crippen LogP contribution in [0.4, 0.5) is 0 Å². The Labute approximate surface area is 208 Å². The van der Waals surface area contributed by atoms with Gasteiger partial charge in [0, 0.05) is 0 Å². The van der Waals surface area contributed by atoms with E-state index in [1.807, 2.05) is 0 Å². The number of rotatable bonds is 2. The van der Waals surface area contributed by atoms with Gasteiger partial charge in [-0.05, 0) is 122 Å². The topological polar surface area (TPSA) is 46.5 Å². The fourth-order valence-electron chi connectivity index (χ4n) is 11.7. The van der Waals surface area contributed by atoms with E-state index in [2.05, 4.69) is 48.1 Å². The number of fused-ring (bicyclic) bond motifs is 7. The first kappa shape index (κ1) is 24.8. The molecule has 192 valence electrons. The number of carbonyl (C=O) groups is 1. The van der Waals surface area contributed by atoms with Crippen molar-refractivity contribution in [1.29, 1.82) is 0 Å². The highest BCUT2D eigenvalue weighted by Gasteiger charge is 2.72. The summed E-state index contributed by atoms with van der Waals surface area (Å²) in [5.74, 6) is 2.72. The van der Waals surface area contributed by atoms with Crippen LogP contribution in [0.2, 0.25) is 0 Å². The van der Waals surface area contributed by atoms with Crippen molar-refractivity contribution in [3.05, 3.63) is 12.2 Å². The van der Waals surface area contributed by atoms with Crippen molar-refractivity contribution in [3.63, 3.8) is 0 Å². The zero-order chi connectivity index (χ0) is 24.9. The first-order valence-electron chi connectivity index (χ1n) is 14.2. The molecule has 3 nitrogen and oxygen atoms in total. The lowest BCUT2D eigenvalue weighted by atomic mass is 9.32. The molecule has 0 aromatic carbocycles. The van der Waals surface area contributed by atoms with Crippen LogP contribution in [0.5, 0.6) is 0 Å². The molecule has 10 atom stereocenters. The van der Waals surface area contributed by atoms with Gasteiger partial charge in [-0.2, -0.15) is 0 Å². The first-order valence-corrected chi connectivity index (χ1v) is 14.2. The summed E-state index contributed by atoms with van der Waals surface area (Å²) in [6.45, 7) is 19.1. The van der Waals surface area contributed by atoms with Crippen molar-refractivity contribution >= 4 is 5.97 Å². The van der Waals surface area contributed by atoms with Crippen molar-refractivity contribution in [2.75, 3.05) is 7.11 Å². The molecule has 0 aromatic rings. The molecule has 5 saturated carbocycles. The molecule has 34 heavy (non-hydrogen) atoms. The van der Waals surface area contributed by atoms with Crippen molar-refractivity contribution in [2.24, 2.45) is 56.7 Å². The highest BCUT2D eigenvalue weighted by Crippen LogP contribution is 2.77. The van der Waals surface area contributed by atoms with Crippen LogP contribution in [-0.4, -0.2) is 24.3 Å². The van der Waals surface area contributed by atoms with Gasteiger partial charge in [-0.3, -0.25) is 4.79 Å². The average molecular weight is 471 g/mol. The predicted octanol–water partition coefficient (Wildman–Crippen LogP) is 7.18. The van der Waals surface area contributed by atoms with Crippen LogP contribution in [-0.2, 0) is 9.53 Å². The van der Waals surface area contributed by atoms with Gasteiger partial charge in [0.15, 0.2) is 0 Å². The van der Waals surface area contributed by atoms with E-state index in [9.17, 15) is 9.90 Å². The highest BCUT2D eigenvalue weighted by atomic mass is 16.5. The van der Waals surface area contributed by atoms with Gasteiger partial charge in [0.1, 0.15) is 0 Å². The van der Waals surface area contributed by atoms with Gasteiger partial charge in [0.2, 0.25) is 0 Å². The van der Waals surface area contributed by atoms with Gasteiger partial charge in [-0.15, -0.1) is 0 Å². The number of ether oxygens (including phenoxy) is 1. The number of allylic oxidation sites excluding steroid dienone is 1. The number of hydrogen-bond donors (Lipinski definition) is 1. The molecule has 0 spiro atoms. The molecule has 0 bridgehead atoms. The second-order valence-corrected chi connectivity index (χ2v) is 14.7. The summed E-state index contributed by atoms with van der Waals surface area (Å²) < 4.78 is 5.49. The fraction of sp³-hybridized carbons (Fsp3) is 0.903. The van der Waals surface area contributed by atoms with E-state index in [0.717, 1.165) is 38.5 Å². The molecule has 0 saturated heterocycles. The summed E-state index contributed by atoms with van der Waals surface area (Å²) in [7, 11) is 1.59. The van der Waals surface area contributed by atoms with E-state index < -0.39 is 0 Å². The molecule has 0 heterocycles. The summed E-state index contributed by atoms with van der Waals surface area (Å²) in [5.41, 5.74) is 1.78. The predicted molar refractivity (Wildman–Crippen MR) is 137 cm³/mol. The van der Waals surface area contributed by atoms with Gasteiger partial charge in [0.05, 0.1) is 18.6 Å². The van der Waals surface area contributed by atoms with Gasteiger partial charge < -0.3 is 9.84 Å². The minimum Gasteiger partial charge on any atom is -0.469 e. The molecule has 3 heteroatoms. The zero-order valence-corrected chi connectivity index (χ0v) is 23.0. The Morgan fingerprint density at radius 3 is 2.21 bits per heavy atom. The van der Waals surface area contributed by atoms with E-state index in [4.69, 9.17) is 4.74 Å². The summed E-state index contributed by atoms with van der Waals surface area (Å²) in [5, 5.41) is 10.9. The van der Waals surface area contributed by atoms with Crippen LogP contribution >= 0.6 is 0 Å². The maximum absolute atomic E-state index is 13.3. The number of esters is 1. The lowest BCUT2D eigenvalue weighted by Gasteiger charge is -2.72. The standard InChI is InChI=1S/C31H50O3/c1-19(2)20-11-16-31(26(33)34-8)18-17-29(6)21(25(20)31)9-10-23-28(5)14-13-24(32)27(3,4)22(28)12-15-30(23,29)7/h20-25,32H,1,9-18H2,2-8H3/t20-,21-,22+,23+,24+,25+,28-,29-,30+,31-/m0/s1. The Morgan fingerprint density at radius 1 is 0.853 bits per heavy atom. The van der Waals surface area contributed by atoms with Gasteiger partial charge >= 0.3 is 5.97 Å². The number of aliphatic hydroxyl groups excluding tert-OH is 1. The van der Waals surface area contributed by atoms with Crippen LogP contribution < -0.4 is 0 Å². The monoisotopic (exact) mass is 470 g/mol. The minimum absolute atomic E-state index is 0.00478. The molecular formula is C31H50O3. The summed E-state index contributed by atoms with van der Waals surface area (Å²) in [6.07, 6.45) is 11.1. The van der Waals surface area contributed by atoms with Gasteiger partial charge in [0.25, 0.3) is 0 Å². The van der Waals surface area contributed by atoms with E-state index in [1.165, 1.54) is 31.3 Å². The molecular weight excluding hydrogens is 420 g/mol. The number of aliphatic hydroxyl groups is 1. The molecule has 5 aliphatic carbocycles. The molecule has 0 unspecified atom stereocenters. The van der Waals surface area contributed by atoms with Crippen molar-refractivity contribution in [1.82, 2.24) is 0 Å². The van der Waals surface area contributed by atoms with E-state index >= 15 is 0 Å². The summed E-state index contributed by atoms with van der Waals surface area (Å²) in [6, 6.07) is 0. The maximum Gasteiger partial charge on any atom is 0.312 e. The molecule has 5 rings (SSSR count). The van der Waals surface area contributed by atoms with Crippen LogP contribution in [0.3, 0.4) is 0 Å². The summed E-state index contributed by atoms with van der Waals surface area (Å²) in [4.78, 5) is 13.3. The molecule has 5 aliphatic rings. The third-order valence-electron chi connectivity index (χ3n) is 13.6. The fourth-order valence-corrected chi connectivity index (χ4v) is 11.7. The third-order valence-corrected chi connectivity index (χ3v) is 13.6. The second-order valence-electron chi connectivity index (χ2n) is 14.7. The number of hydrogen-bond acceptors (Lipinski definition) is 3. The van der Waals surface area contributed by atoms with Crippen LogP contribution in [0, 0.1) is 56.7 Å². The third kappa shape index (κ3) is 2.83. The van der Waals surface area contributed by atoms with Crippen molar-refractivity contribution < 1.29 is 14.6 Å². The Kier molecular flexibility index (Phi) is 5.55. The molecule has 0 aromatic heterocycles. The Morgan fingerprint density at radius 2 is 1.56 bits per heavy atom. The number of methoxy groups -OCH3 is 1.